The van der Waals surface area contributed by atoms with Crippen LogP contribution in [0.3, 0.4) is 0 Å². The maximum absolute atomic E-state index is 12.4. The molecule has 1 aliphatic heterocycles. The summed E-state index contributed by atoms with van der Waals surface area (Å²) in [7, 11) is 0. The topological polar surface area (TPSA) is 91.0 Å². The lowest BCUT2D eigenvalue weighted by atomic mass is 10.0. The summed E-state index contributed by atoms with van der Waals surface area (Å²) < 4.78 is 5.53. The van der Waals surface area contributed by atoms with Crippen molar-refractivity contribution in [2.24, 2.45) is 0 Å². The Labute approximate surface area is 138 Å². The average Bonchev–Trinajstić information content (AvgIpc) is 2.91. The quantitative estimate of drug-likeness (QED) is 0.746. The normalized spacial score (nSPS) is 15.8. The minimum atomic E-state index is -0.470. The number of nitrogens with zero attached hydrogens (tertiary/aromatic N) is 3. The molecule has 0 aliphatic carbocycles. The van der Waals surface area contributed by atoms with Gasteiger partial charge in [-0.05, 0) is 17.7 Å². The summed E-state index contributed by atoms with van der Waals surface area (Å²) in [6, 6.07) is 15.2. The monoisotopic (exact) mass is 318 g/mol. The number of pyridine rings is 1. The van der Waals surface area contributed by atoms with Gasteiger partial charge < -0.3 is 10.5 Å². The van der Waals surface area contributed by atoms with Gasteiger partial charge in [0.05, 0.1) is 5.69 Å². The van der Waals surface area contributed by atoms with E-state index in [4.69, 9.17) is 10.5 Å². The van der Waals surface area contributed by atoms with Crippen LogP contribution in [-0.4, -0.2) is 20.9 Å². The van der Waals surface area contributed by atoms with E-state index in [1.165, 1.54) is 0 Å². The van der Waals surface area contributed by atoms with Gasteiger partial charge in [0.1, 0.15) is 23.1 Å². The molecule has 0 amide bonds. The second kappa shape index (κ2) is 5.73. The highest BCUT2D eigenvalue weighted by Gasteiger charge is 2.37. The second-order valence-electron chi connectivity index (χ2n) is 5.49. The molecule has 0 bridgehead atoms. The number of carbonyl (C=O) groups is 1. The van der Waals surface area contributed by atoms with Crippen LogP contribution >= 0.6 is 0 Å². The maximum atomic E-state index is 12.4. The first-order valence-electron chi connectivity index (χ1n) is 7.56. The Morgan fingerprint density at radius 1 is 1.04 bits per heavy atom. The zero-order valence-corrected chi connectivity index (χ0v) is 12.7. The number of rotatable bonds is 3. The molecular weight excluding hydrogens is 304 g/mol. The third kappa shape index (κ3) is 2.48. The van der Waals surface area contributed by atoms with Gasteiger partial charge in [0.15, 0.2) is 0 Å². The standard InChI is InChI=1S/C18H14N4O2/c19-18-21-15(12-8-4-5-9-20-12)14-16(22-18)13(24-17(14)23)10-11-6-2-1-3-7-11/h1-9,13H,10H2,(H2,19,21,22). The first-order valence-corrected chi connectivity index (χ1v) is 7.56. The summed E-state index contributed by atoms with van der Waals surface area (Å²) in [4.78, 5) is 25.1. The predicted octanol–water partition coefficient (Wildman–Crippen LogP) is 2.58. The first-order chi connectivity index (χ1) is 11.7. The van der Waals surface area contributed by atoms with Crippen molar-refractivity contribution in [1.82, 2.24) is 15.0 Å². The molecule has 1 atom stereocenters. The molecule has 3 heterocycles. The Morgan fingerprint density at radius 2 is 1.83 bits per heavy atom. The summed E-state index contributed by atoms with van der Waals surface area (Å²) in [5, 5.41) is 0. The van der Waals surface area contributed by atoms with Gasteiger partial charge in [0.25, 0.3) is 0 Å². The highest BCUT2D eigenvalue weighted by atomic mass is 16.5. The number of nitrogen functional groups attached to an aromatic ring is 1. The van der Waals surface area contributed by atoms with E-state index in [9.17, 15) is 4.79 Å². The van der Waals surface area contributed by atoms with Crippen molar-refractivity contribution in [3.8, 4) is 11.4 Å². The molecule has 118 valence electrons. The molecule has 4 rings (SSSR count). The molecule has 1 aromatic carbocycles. The van der Waals surface area contributed by atoms with Crippen LogP contribution < -0.4 is 5.73 Å². The summed E-state index contributed by atoms with van der Waals surface area (Å²) in [6.07, 6.45) is 1.71. The van der Waals surface area contributed by atoms with Crippen LogP contribution in [0.15, 0.2) is 54.7 Å². The van der Waals surface area contributed by atoms with Crippen molar-refractivity contribution >= 4 is 11.9 Å². The van der Waals surface area contributed by atoms with Gasteiger partial charge in [-0.1, -0.05) is 36.4 Å². The number of esters is 1. The number of nitrogens with two attached hydrogens (primary N) is 1. The van der Waals surface area contributed by atoms with Crippen LogP contribution in [0.1, 0.15) is 27.7 Å². The summed E-state index contributed by atoms with van der Waals surface area (Å²) in [6.45, 7) is 0. The molecule has 6 heteroatoms. The van der Waals surface area contributed by atoms with Gasteiger partial charge in [0, 0.05) is 12.6 Å². The molecule has 0 radical (unpaired) electrons. The van der Waals surface area contributed by atoms with Crippen LogP contribution in [0.25, 0.3) is 11.4 Å². The number of benzene rings is 1. The van der Waals surface area contributed by atoms with Gasteiger partial charge in [-0.2, -0.15) is 0 Å². The van der Waals surface area contributed by atoms with Crippen molar-refractivity contribution in [3.63, 3.8) is 0 Å². The van der Waals surface area contributed by atoms with Crippen molar-refractivity contribution < 1.29 is 9.53 Å². The number of anilines is 1. The Kier molecular flexibility index (Phi) is 3.42. The van der Waals surface area contributed by atoms with E-state index in [1.807, 2.05) is 36.4 Å². The van der Waals surface area contributed by atoms with Gasteiger partial charge in [0.2, 0.25) is 5.95 Å². The number of fused-ring (bicyclic) bond motifs is 1. The Morgan fingerprint density at radius 3 is 2.58 bits per heavy atom. The molecule has 6 nitrogen and oxygen atoms in total. The summed E-state index contributed by atoms with van der Waals surface area (Å²) >= 11 is 0. The lowest BCUT2D eigenvalue weighted by molar-refractivity contribution is 0.0383. The molecular formula is C18H14N4O2. The largest absolute Gasteiger partial charge is 0.452 e. The number of cyclic esters (lactones) is 1. The third-order valence-electron chi connectivity index (χ3n) is 3.88. The molecule has 0 fully saturated rings. The average molecular weight is 318 g/mol. The number of ether oxygens (including phenoxy) is 1. The number of carbonyl (C=O) groups excluding carboxylic acids is 1. The van der Waals surface area contributed by atoms with E-state index < -0.39 is 12.1 Å². The van der Waals surface area contributed by atoms with E-state index in [2.05, 4.69) is 15.0 Å². The van der Waals surface area contributed by atoms with Gasteiger partial charge in [-0.15, -0.1) is 0 Å². The maximum Gasteiger partial charge on any atom is 0.343 e. The van der Waals surface area contributed by atoms with E-state index >= 15 is 0 Å². The fourth-order valence-electron chi connectivity index (χ4n) is 2.83. The minimum absolute atomic E-state index is 0.103. The number of aromatic nitrogens is 3. The molecule has 1 aliphatic rings. The van der Waals surface area contributed by atoms with Gasteiger partial charge >= 0.3 is 5.97 Å². The summed E-state index contributed by atoms with van der Waals surface area (Å²) in [5.74, 6) is -0.336. The van der Waals surface area contributed by atoms with Crippen LogP contribution in [0.5, 0.6) is 0 Å². The zero-order chi connectivity index (χ0) is 16.5. The first kappa shape index (κ1) is 14.3. The van der Waals surface area contributed by atoms with Crippen LogP contribution in [0.4, 0.5) is 5.95 Å². The smallest absolute Gasteiger partial charge is 0.343 e. The Balaban J connectivity index is 1.80. The lowest BCUT2D eigenvalue weighted by Crippen LogP contribution is -2.07. The van der Waals surface area contributed by atoms with Crippen molar-refractivity contribution in [2.75, 3.05) is 5.73 Å². The molecule has 3 aromatic rings. The Hall–Kier alpha value is -3.28. The van der Waals surface area contributed by atoms with E-state index in [0.29, 0.717) is 29.1 Å². The third-order valence-corrected chi connectivity index (χ3v) is 3.88. The van der Waals surface area contributed by atoms with E-state index in [0.717, 1.165) is 5.56 Å². The molecule has 0 saturated carbocycles. The van der Waals surface area contributed by atoms with Crippen molar-refractivity contribution in [2.45, 2.75) is 12.5 Å². The fourth-order valence-corrected chi connectivity index (χ4v) is 2.83. The highest BCUT2D eigenvalue weighted by molar-refractivity contribution is 5.99. The molecule has 2 aromatic heterocycles. The summed E-state index contributed by atoms with van der Waals surface area (Å²) in [5.41, 5.74) is 8.77. The molecule has 0 saturated heterocycles. The van der Waals surface area contributed by atoms with Crippen LogP contribution in [0, 0.1) is 0 Å². The van der Waals surface area contributed by atoms with Crippen molar-refractivity contribution in [1.29, 1.82) is 0 Å². The van der Waals surface area contributed by atoms with Crippen LogP contribution in [-0.2, 0) is 11.2 Å². The fraction of sp³-hybridized carbons (Fsp3) is 0.111. The number of hydrogen-bond donors (Lipinski definition) is 1. The molecule has 0 spiro atoms. The minimum Gasteiger partial charge on any atom is -0.452 e. The predicted molar refractivity (Wildman–Crippen MR) is 88.0 cm³/mol. The van der Waals surface area contributed by atoms with Gasteiger partial charge in [-0.3, -0.25) is 4.98 Å². The van der Waals surface area contributed by atoms with Crippen LogP contribution in [0.2, 0.25) is 0 Å². The van der Waals surface area contributed by atoms with Crippen molar-refractivity contribution in [3.05, 3.63) is 71.5 Å². The lowest BCUT2D eigenvalue weighted by Gasteiger charge is -2.10. The zero-order valence-electron chi connectivity index (χ0n) is 12.7. The Bertz CT molecular complexity index is 898. The molecule has 1 unspecified atom stereocenters. The second-order valence-corrected chi connectivity index (χ2v) is 5.49. The molecule has 2 N–H and O–H groups in total. The van der Waals surface area contributed by atoms with Gasteiger partial charge in [-0.25, -0.2) is 14.8 Å². The SMILES string of the molecule is Nc1nc(-c2ccccn2)c2c(n1)C(Cc1ccccc1)OC2=O. The highest BCUT2D eigenvalue weighted by Crippen LogP contribution is 2.36. The molecule has 24 heavy (non-hydrogen) atoms. The van der Waals surface area contributed by atoms with E-state index in [-0.39, 0.29) is 5.95 Å². The van der Waals surface area contributed by atoms with E-state index in [1.54, 1.807) is 18.3 Å². The number of hydrogen-bond acceptors (Lipinski definition) is 6.